The van der Waals surface area contributed by atoms with Crippen LogP contribution in [0.25, 0.3) is 0 Å². The number of hydrogen-bond acceptors (Lipinski definition) is 3. The third-order valence-electron chi connectivity index (χ3n) is 3.44. The van der Waals surface area contributed by atoms with Gasteiger partial charge in [0.15, 0.2) is 6.61 Å². The van der Waals surface area contributed by atoms with E-state index in [1.807, 2.05) is 0 Å². The third kappa shape index (κ3) is 6.04. The van der Waals surface area contributed by atoms with Crippen LogP contribution in [0.4, 0.5) is 19.3 Å². The van der Waals surface area contributed by atoms with Crippen molar-refractivity contribution in [2.24, 2.45) is 0 Å². The smallest absolute Gasteiger partial charge is 0.319 e. The van der Waals surface area contributed by atoms with Crippen molar-refractivity contribution in [1.82, 2.24) is 10.6 Å². The predicted octanol–water partition coefficient (Wildman–Crippen LogP) is 2.45. The van der Waals surface area contributed by atoms with Crippen LogP contribution >= 0.6 is 0 Å². The van der Waals surface area contributed by atoms with Gasteiger partial charge in [0.25, 0.3) is 5.91 Å². The molecule has 0 aliphatic heterocycles. The van der Waals surface area contributed by atoms with E-state index in [2.05, 4.69) is 16.0 Å². The number of rotatable bonds is 7. The predicted molar refractivity (Wildman–Crippen MR) is 93.1 cm³/mol. The molecule has 0 aliphatic rings. The molecule has 2 rings (SSSR count). The first kappa shape index (κ1) is 19.2. The van der Waals surface area contributed by atoms with Gasteiger partial charge in [-0.25, -0.2) is 13.6 Å². The SMILES string of the molecule is CNC(=O)COc1cccc(NC(=O)NCCc2ccc(F)cc2F)c1. The van der Waals surface area contributed by atoms with Gasteiger partial charge in [0, 0.05) is 31.4 Å². The number of benzene rings is 2. The van der Waals surface area contributed by atoms with Crippen molar-refractivity contribution in [1.29, 1.82) is 0 Å². The lowest BCUT2D eigenvalue weighted by molar-refractivity contribution is -0.122. The van der Waals surface area contributed by atoms with Gasteiger partial charge in [-0.05, 0) is 30.2 Å². The third-order valence-corrected chi connectivity index (χ3v) is 3.44. The van der Waals surface area contributed by atoms with Gasteiger partial charge in [-0.2, -0.15) is 0 Å². The minimum Gasteiger partial charge on any atom is -0.484 e. The second-order valence-electron chi connectivity index (χ2n) is 5.36. The lowest BCUT2D eigenvalue weighted by Crippen LogP contribution is -2.30. The molecule has 3 amide bonds. The number of carbonyl (C=O) groups is 2. The van der Waals surface area contributed by atoms with Crippen LogP contribution < -0.4 is 20.7 Å². The first-order valence-electron chi connectivity index (χ1n) is 7.90. The van der Waals surface area contributed by atoms with Crippen molar-refractivity contribution in [2.75, 3.05) is 25.5 Å². The molecule has 2 aromatic rings. The molecule has 0 heterocycles. The minimum atomic E-state index is -0.645. The summed E-state index contributed by atoms with van der Waals surface area (Å²) in [6, 6.07) is 9.40. The molecule has 0 fully saturated rings. The van der Waals surface area contributed by atoms with E-state index in [1.54, 1.807) is 24.3 Å². The van der Waals surface area contributed by atoms with Gasteiger partial charge in [-0.1, -0.05) is 12.1 Å². The van der Waals surface area contributed by atoms with Crippen LogP contribution in [0, 0.1) is 11.6 Å². The topological polar surface area (TPSA) is 79.5 Å². The van der Waals surface area contributed by atoms with E-state index in [4.69, 9.17) is 4.74 Å². The molecule has 6 nitrogen and oxygen atoms in total. The van der Waals surface area contributed by atoms with E-state index < -0.39 is 17.7 Å². The number of amides is 3. The number of carbonyl (C=O) groups excluding carboxylic acids is 2. The monoisotopic (exact) mass is 363 g/mol. The first-order chi connectivity index (χ1) is 12.5. The number of ether oxygens (including phenoxy) is 1. The van der Waals surface area contributed by atoms with Crippen molar-refractivity contribution < 1.29 is 23.1 Å². The quantitative estimate of drug-likeness (QED) is 0.707. The summed E-state index contributed by atoms with van der Waals surface area (Å²) < 4.78 is 31.6. The molecule has 138 valence electrons. The molecule has 2 aromatic carbocycles. The summed E-state index contributed by atoms with van der Waals surface area (Å²) in [6.45, 7) is 0.0522. The van der Waals surface area contributed by atoms with Gasteiger partial charge >= 0.3 is 6.03 Å². The Labute approximate surface area is 149 Å². The van der Waals surface area contributed by atoms with Crippen LogP contribution in [0.3, 0.4) is 0 Å². The Morgan fingerprint density at radius 1 is 1.12 bits per heavy atom. The van der Waals surface area contributed by atoms with Gasteiger partial charge in [0.05, 0.1) is 0 Å². The van der Waals surface area contributed by atoms with E-state index in [0.717, 1.165) is 6.07 Å². The molecule has 0 aliphatic carbocycles. The Morgan fingerprint density at radius 2 is 1.92 bits per heavy atom. The molecular weight excluding hydrogens is 344 g/mol. The summed E-state index contributed by atoms with van der Waals surface area (Å²) in [5.74, 6) is -1.13. The van der Waals surface area contributed by atoms with E-state index in [9.17, 15) is 18.4 Å². The first-order valence-corrected chi connectivity index (χ1v) is 7.90. The summed E-state index contributed by atoms with van der Waals surface area (Å²) in [6.07, 6.45) is 0.231. The Kier molecular flexibility index (Phi) is 6.90. The zero-order valence-corrected chi connectivity index (χ0v) is 14.1. The highest BCUT2D eigenvalue weighted by Crippen LogP contribution is 2.17. The minimum absolute atomic E-state index is 0.130. The molecule has 26 heavy (non-hydrogen) atoms. The highest BCUT2D eigenvalue weighted by Gasteiger charge is 2.06. The number of urea groups is 1. The Bertz CT molecular complexity index is 784. The number of anilines is 1. The molecule has 8 heteroatoms. The average molecular weight is 363 g/mol. The van der Waals surface area contributed by atoms with E-state index in [-0.39, 0.29) is 25.5 Å². The van der Waals surface area contributed by atoms with Gasteiger partial charge < -0.3 is 20.7 Å². The summed E-state index contributed by atoms with van der Waals surface area (Å²) in [5, 5.41) is 7.63. The van der Waals surface area contributed by atoms with Crippen molar-refractivity contribution in [3.05, 3.63) is 59.7 Å². The number of halogens is 2. The van der Waals surface area contributed by atoms with Gasteiger partial charge in [0.1, 0.15) is 17.4 Å². The van der Waals surface area contributed by atoms with Gasteiger partial charge in [-0.15, -0.1) is 0 Å². The highest BCUT2D eigenvalue weighted by atomic mass is 19.1. The van der Waals surface area contributed by atoms with Crippen LogP contribution in [-0.4, -0.2) is 32.1 Å². The molecular formula is C18H19F2N3O3. The van der Waals surface area contributed by atoms with Crippen LogP contribution in [0.15, 0.2) is 42.5 Å². The zero-order valence-electron chi connectivity index (χ0n) is 14.1. The second kappa shape index (κ2) is 9.36. The molecule has 0 atom stereocenters. The maximum absolute atomic E-state index is 13.5. The molecule has 0 unspecified atom stereocenters. The Morgan fingerprint density at radius 3 is 2.65 bits per heavy atom. The molecule has 3 N–H and O–H groups in total. The van der Waals surface area contributed by atoms with E-state index >= 15 is 0 Å². The average Bonchev–Trinajstić information content (AvgIpc) is 2.62. The summed E-state index contributed by atoms with van der Waals surface area (Å²) >= 11 is 0. The fourth-order valence-electron chi connectivity index (χ4n) is 2.10. The largest absolute Gasteiger partial charge is 0.484 e. The van der Waals surface area contributed by atoms with Gasteiger partial charge in [-0.3, -0.25) is 4.79 Å². The molecule has 0 saturated heterocycles. The lowest BCUT2D eigenvalue weighted by Gasteiger charge is -2.10. The summed E-state index contributed by atoms with van der Waals surface area (Å²) in [4.78, 5) is 23.0. The number of hydrogen-bond donors (Lipinski definition) is 3. The lowest BCUT2D eigenvalue weighted by atomic mass is 10.1. The van der Waals surface area contributed by atoms with E-state index in [1.165, 1.54) is 19.2 Å². The van der Waals surface area contributed by atoms with Gasteiger partial charge in [0.2, 0.25) is 0 Å². The Balaban J connectivity index is 1.81. The number of nitrogens with one attached hydrogen (secondary N) is 3. The van der Waals surface area contributed by atoms with Crippen molar-refractivity contribution >= 4 is 17.6 Å². The van der Waals surface area contributed by atoms with Crippen LogP contribution in [0.5, 0.6) is 5.75 Å². The van der Waals surface area contributed by atoms with Crippen molar-refractivity contribution in [3.8, 4) is 5.75 Å². The Hall–Kier alpha value is -3.16. The van der Waals surface area contributed by atoms with E-state index in [0.29, 0.717) is 17.0 Å². The fourth-order valence-corrected chi connectivity index (χ4v) is 2.10. The molecule has 0 spiro atoms. The summed E-state index contributed by atoms with van der Waals surface area (Å²) in [7, 11) is 1.51. The molecule has 0 bridgehead atoms. The maximum Gasteiger partial charge on any atom is 0.319 e. The van der Waals surface area contributed by atoms with Crippen molar-refractivity contribution in [3.63, 3.8) is 0 Å². The summed E-state index contributed by atoms with van der Waals surface area (Å²) in [5.41, 5.74) is 0.793. The number of likely N-dealkylation sites (N-methyl/N-ethyl adjacent to an activating group) is 1. The molecule has 0 radical (unpaired) electrons. The van der Waals surface area contributed by atoms with Crippen LogP contribution in [-0.2, 0) is 11.2 Å². The maximum atomic E-state index is 13.5. The zero-order chi connectivity index (χ0) is 18.9. The fraction of sp³-hybridized carbons (Fsp3) is 0.222. The van der Waals surface area contributed by atoms with Crippen LogP contribution in [0.1, 0.15) is 5.56 Å². The highest BCUT2D eigenvalue weighted by molar-refractivity contribution is 5.89. The van der Waals surface area contributed by atoms with Crippen LogP contribution in [0.2, 0.25) is 0 Å². The molecule has 0 saturated carbocycles. The normalized spacial score (nSPS) is 10.1. The van der Waals surface area contributed by atoms with Crippen molar-refractivity contribution in [2.45, 2.75) is 6.42 Å². The molecule has 0 aromatic heterocycles. The second-order valence-corrected chi connectivity index (χ2v) is 5.36. The standard InChI is InChI=1S/C18H19F2N3O3/c1-21-17(24)11-26-15-4-2-3-14(10-15)23-18(25)22-8-7-12-5-6-13(19)9-16(12)20/h2-6,9-10H,7-8,11H2,1H3,(H,21,24)(H2,22,23,25).